The van der Waals surface area contributed by atoms with Crippen LogP contribution in [0.15, 0.2) is 30.3 Å². The summed E-state index contributed by atoms with van der Waals surface area (Å²) in [7, 11) is 1.80. The molecule has 0 aliphatic carbocycles. The third-order valence-electron chi connectivity index (χ3n) is 3.08. The van der Waals surface area contributed by atoms with Crippen molar-refractivity contribution in [1.29, 1.82) is 0 Å². The summed E-state index contributed by atoms with van der Waals surface area (Å²) in [5.74, 6) is 0. The fourth-order valence-corrected chi connectivity index (χ4v) is 1.94. The molecule has 1 N–H and O–H groups in total. The molecule has 0 bridgehead atoms. The van der Waals surface area contributed by atoms with Gasteiger partial charge in [-0.3, -0.25) is 0 Å². The average Bonchev–Trinajstić information content (AvgIpc) is 2.90. The average molecular weight is 271 g/mol. The Kier molecular flexibility index (Phi) is 5.95. The summed E-state index contributed by atoms with van der Waals surface area (Å²) in [5.41, 5.74) is 1.01. The minimum absolute atomic E-state index is 0. The Hall–Kier alpha value is -1.26. The third kappa shape index (κ3) is 3.89. The predicted molar refractivity (Wildman–Crippen MR) is 72.9 cm³/mol. The van der Waals surface area contributed by atoms with Gasteiger partial charge in [-0.1, -0.05) is 30.3 Å². The molecule has 1 aromatic carbocycles. The van der Waals surface area contributed by atoms with Gasteiger partial charge >= 0.3 is 6.09 Å². The number of hydrogen-bond acceptors (Lipinski definition) is 3. The maximum atomic E-state index is 11.8. The van der Waals surface area contributed by atoms with Crippen LogP contribution in [0, 0.1) is 0 Å². The van der Waals surface area contributed by atoms with E-state index >= 15 is 0 Å². The molecule has 0 saturated carbocycles. The van der Waals surface area contributed by atoms with Gasteiger partial charge in [-0.25, -0.2) is 4.79 Å². The molecule has 0 spiro atoms. The molecule has 100 valence electrons. The zero-order valence-corrected chi connectivity index (χ0v) is 11.3. The Morgan fingerprint density at radius 1 is 1.44 bits per heavy atom. The highest BCUT2D eigenvalue weighted by Crippen LogP contribution is 2.09. The second-order valence-corrected chi connectivity index (χ2v) is 4.30. The van der Waals surface area contributed by atoms with Crippen LogP contribution in [0.3, 0.4) is 0 Å². The molecule has 1 fully saturated rings. The monoisotopic (exact) mass is 270 g/mol. The molecule has 1 aliphatic heterocycles. The largest absolute Gasteiger partial charge is 0.445 e. The standard InChI is InChI=1S/C13H18N2O2.ClH/c1-15(12-7-8-14-9-12)13(16)17-10-11-5-3-2-4-6-11;/h2-6,12,14H,7-10H2,1H3;1H. The van der Waals surface area contributed by atoms with E-state index in [1.807, 2.05) is 30.3 Å². The molecule has 1 aliphatic rings. The lowest BCUT2D eigenvalue weighted by Crippen LogP contribution is -2.38. The normalized spacial score (nSPS) is 17.9. The van der Waals surface area contributed by atoms with E-state index in [-0.39, 0.29) is 24.5 Å². The molecule has 0 aromatic heterocycles. The van der Waals surface area contributed by atoms with E-state index in [9.17, 15) is 4.79 Å². The Morgan fingerprint density at radius 2 is 2.17 bits per heavy atom. The van der Waals surface area contributed by atoms with Crippen LogP contribution in [0.4, 0.5) is 4.79 Å². The van der Waals surface area contributed by atoms with Gasteiger partial charge in [0.15, 0.2) is 0 Å². The first-order valence-electron chi connectivity index (χ1n) is 5.91. The van der Waals surface area contributed by atoms with E-state index in [0.29, 0.717) is 6.61 Å². The molecule has 5 heteroatoms. The molecule has 1 atom stereocenters. The van der Waals surface area contributed by atoms with Crippen LogP contribution < -0.4 is 5.32 Å². The van der Waals surface area contributed by atoms with Crippen molar-refractivity contribution in [2.24, 2.45) is 0 Å². The second-order valence-electron chi connectivity index (χ2n) is 4.30. The number of nitrogens with zero attached hydrogens (tertiary/aromatic N) is 1. The highest BCUT2D eigenvalue weighted by molar-refractivity contribution is 5.85. The molecule has 1 aromatic rings. The second kappa shape index (κ2) is 7.24. The van der Waals surface area contributed by atoms with Crippen LogP contribution in [0.25, 0.3) is 0 Å². The lowest BCUT2D eigenvalue weighted by atomic mass is 10.2. The smallest absolute Gasteiger partial charge is 0.410 e. The van der Waals surface area contributed by atoms with Crippen molar-refractivity contribution in [3.05, 3.63) is 35.9 Å². The van der Waals surface area contributed by atoms with Crippen LogP contribution in [-0.4, -0.2) is 37.2 Å². The number of carbonyl (C=O) groups is 1. The van der Waals surface area contributed by atoms with Crippen LogP contribution in [-0.2, 0) is 11.3 Å². The summed E-state index contributed by atoms with van der Waals surface area (Å²) in [6.45, 7) is 2.17. The molecule has 4 nitrogen and oxygen atoms in total. The molecular weight excluding hydrogens is 252 g/mol. The summed E-state index contributed by atoms with van der Waals surface area (Å²) in [5, 5.41) is 3.23. The van der Waals surface area contributed by atoms with Gasteiger partial charge in [0.25, 0.3) is 0 Å². The maximum Gasteiger partial charge on any atom is 0.410 e. The molecular formula is C13H19ClN2O2. The fourth-order valence-electron chi connectivity index (χ4n) is 1.94. The lowest BCUT2D eigenvalue weighted by Gasteiger charge is -2.22. The number of hydrogen-bond donors (Lipinski definition) is 1. The van der Waals surface area contributed by atoms with E-state index in [1.165, 1.54) is 0 Å². The van der Waals surface area contributed by atoms with Crippen molar-refractivity contribution in [3.8, 4) is 0 Å². The van der Waals surface area contributed by atoms with Gasteiger partial charge in [0, 0.05) is 19.6 Å². The Labute approximate surface area is 114 Å². The van der Waals surface area contributed by atoms with Crippen molar-refractivity contribution in [2.75, 3.05) is 20.1 Å². The highest BCUT2D eigenvalue weighted by Gasteiger charge is 2.23. The van der Waals surface area contributed by atoms with E-state index in [4.69, 9.17) is 4.74 Å². The Morgan fingerprint density at radius 3 is 2.78 bits per heavy atom. The van der Waals surface area contributed by atoms with Crippen molar-refractivity contribution in [1.82, 2.24) is 10.2 Å². The number of likely N-dealkylation sites (N-methyl/N-ethyl adjacent to an activating group) is 1. The predicted octanol–water partition coefficient (Wildman–Crippen LogP) is 2.04. The maximum absolute atomic E-state index is 11.8. The third-order valence-corrected chi connectivity index (χ3v) is 3.08. The first-order chi connectivity index (χ1) is 8.27. The quantitative estimate of drug-likeness (QED) is 0.914. The SMILES string of the molecule is CN(C(=O)OCc1ccccc1)C1CCNC1.Cl. The summed E-state index contributed by atoms with van der Waals surface area (Å²) >= 11 is 0. The molecule has 1 heterocycles. The number of amides is 1. The van der Waals surface area contributed by atoms with Crippen molar-refractivity contribution < 1.29 is 9.53 Å². The molecule has 18 heavy (non-hydrogen) atoms. The van der Waals surface area contributed by atoms with E-state index in [1.54, 1.807) is 11.9 Å². The van der Waals surface area contributed by atoms with E-state index in [2.05, 4.69) is 5.32 Å². The number of benzene rings is 1. The molecule has 0 radical (unpaired) electrons. The molecule has 1 unspecified atom stereocenters. The summed E-state index contributed by atoms with van der Waals surface area (Å²) in [6, 6.07) is 9.98. The number of nitrogens with one attached hydrogen (secondary N) is 1. The van der Waals surface area contributed by atoms with Crippen LogP contribution >= 0.6 is 12.4 Å². The zero-order chi connectivity index (χ0) is 12.1. The minimum Gasteiger partial charge on any atom is -0.445 e. The van der Waals surface area contributed by atoms with Gasteiger partial charge in [-0.2, -0.15) is 0 Å². The Balaban J connectivity index is 0.00000162. The lowest BCUT2D eigenvalue weighted by molar-refractivity contribution is 0.0936. The number of ether oxygens (including phenoxy) is 1. The van der Waals surface area contributed by atoms with Gasteiger partial charge in [-0.05, 0) is 18.5 Å². The molecule has 2 rings (SSSR count). The van der Waals surface area contributed by atoms with Gasteiger partial charge in [0.2, 0.25) is 0 Å². The van der Waals surface area contributed by atoms with Gasteiger partial charge in [0.1, 0.15) is 6.61 Å². The van der Waals surface area contributed by atoms with Crippen molar-refractivity contribution >= 4 is 18.5 Å². The van der Waals surface area contributed by atoms with E-state index in [0.717, 1.165) is 25.1 Å². The van der Waals surface area contributed by atoms with Gasteiger partial charge in [-0.15, -0.1) is 12.4 Å². The summed E-state index contributed by atoms with van der Waals surface area (Å²) in [4.78, 5) is 13.5. The van der Waals surface area contributed by atoms with E-state index < -0.39 is 0 Å². The number of rotatable bonds is 3. The molecule has 1 amide bonds. The fraction of sp³-hybridized carbons (Fsp3) is 0.462. The van der Waals surface area contributed by atoms with Crippen LogP contribution in [0.2, 0.25) is 0 Å². The van der Waals surface area contributed by atoms with Gasteiger partial charge in [0.05, 0.1) is 0 Å². The van der Waals surface area contributed by atoms with Crippen molar-refractivity contribution in [3.63, 3.8) is 0 Å². The first kappa shape index (κ1) is 14.8. The minimum atomic E-state index is -0.248. The highest BCUT2D eigenvalue weighted by atomic mass is 35.5. The first-order valence-corrected chi connectivity index (χ1v) is 5.91. The van der Waals surface area contributed by atoms with Crippen molar-refractivity contribution in [2.45, 2.75) is 19.1 Å². The van der Waals surface area contributed by atoms with Crippen LogP contribution in [0.5, 0.6) is 0 Å². The summed E-state index contributed by atoms with van der Waals surface area (Å²) < 4.78 is 5.26. The summed E-state index contributed by atoms with van der Waals surface area (Å²) in [6.07, 6.45) is 0.749. The van der Waals surface area contributed by atoms with Gasteiger partial charge < -0.3 is 15.0 Å². The number of halogens is 1. The van der Waals surface area contributed by atoms with Crippen LogP contribution in [0.1, 0.15) is 12.0 Å². The topological polar surface area (TPSA) is 41.6 Å². The number of carbonyl (C=O) groups excluding carboxylic acids is 1. The zero-order valence-electron chi connectivity index (χ0n) is 10.5. The molecule has 1 saturated heterocycles. The Bertz CT molecular complexity index is 367.